The summed E-state index contributed by atoms with van der Waals surface area (Å²) < 4.78 is 33.8. The molecule has 0 aromatic heterocycles. The van der Waals surface area contributed by atoms with Crippen molar-refractivity contribution in [1.82, 2.24) is 0 Å². The van der Waals surface area contributed by atoms with Crippen LogP contribution in [-0.2, 0) is 14.9 Å². The molecule has 4 aromatic carbocycles. The van der Waals surface area contributed by atoms with E-state index in [1.165, 1.54) is 19.2 Å². The molecule has 0 atom stereocenters. The number of allylic oxidation sites excluding steroid dienone is 1. The lowest BCUT2D eigenvalue weighted by Gasteiger charge is -2.20. The van der Waals surface area contributed by atoms with Crippen LogP contribution in [0.15, 0.2) is 108 Å². The van der Waals surface area contributed by atoms with Gasteiger partial charge in [-0.25, -0.2) is 18.6 Å². The van der Waals surface area contributed by atoms with E-state index >= 15 is 4.39 Å². The zero-order chi connectivity index (χ0) is 29.6. The van der Waals surface area contributed by atoms with Crippen LogP contribution in [0.2, 0.25) is 0 Å². The Hall–Kier alpha value is -4.71. The molecule has 4 rings (SSSR count). The van der Waals surface area contributed by atoms with Gasteiger partial charge in [-0.3, -0.25) is 4.79 Å². The molecular formula is C35H31F2NO3. The van der Waals surface area contributed by atoms with Crippen molar-refractivity contribution < 1.29 is 23.1 Å². The summed E-state index contributed by atoms with van der Waals surface area (Å²) in [6, 6.07) is 26.6. The predicted molar refractivity (Wildman–Crippen MR) is 159 cm³/mol. The molecule has 0 N–H and O–H groups in total. The van der Waals surface area contributed by atoms with Gasteiger partial charge in [0.1, 0.15) is 17.3 Å². The molecule has 0 saturated heterocycles. The molecule has 208 valence electrons. The van der Waals surface area contributed by atoms with Crippen LogP contribution in [0.5, 0.6) is 0 Å². The average Bonchev–Trinajstić information content (AvgIpc) is 2.97. The van der Waals surface area contributed by atoms with Crippen molar-refractivity contribution in [2.24, 2.45) is 4.99 Å². The molecule has 6 heteroatoms. The third-order valence-corrected chi connectivity index (χ3v) is 6.64. The Labute approximate surface area is 239 Å². The summed E-state index contributed by atoms with van der Waals surface area (Å²) >= 11 is 0. The fourth-order valence-corrected chi connectivity index (χ4v) is 4.39. The number of ether oxygens (including phenoxy) is 1. The number of carbonyl (C=O) groups is 2. The molecule has 0 fully saturated rings. The number of nitrogens with zero attached hydrogens (tertiary/aromatic N) is 1. The molecule has 0 heterocycles. The van der Waals surface area contributed by atoms with Crippen molar-refractivity contribution in [2.75, 3.05) is 7.11 Å². The van der Waals surface area contributed by atoms with Crippen LogP contribution in [0.4, 0.5) is 14.5 Å². The second-order valence-corrected chi connectivity index (χ2v) is 10.5. The molecule has 4 aromatic rings. The number of aliphatic imine (C=N–C) groups is 1. The van der Waals surface area contributed by atoms with E-state index < -0.39 is 17.6 Å². The average molecular weight is 552 g/mol. The lowest BCUT2D eigenvalue weighted by Crippen LogP contribution is -2.15. The number of benzene rings is 4. The van der Waals surface area contributed by atoms with Crippen molar-refractivity contribution in [1.29, 1.82) is 0 Å². The maximum Gasteiger partial charge on any atom is 0.352 e. The molecule has 0 amide bonds. The van der Waals surface area contributed by atoms with Crippen molar-refractivity contribution in [3.8, 4) is 0 Å². The van der Waals surface area contributed by atoms with Crippen molar-refractivity contribution >= 4 is 28.7 Å². The van der Waals surface area contributed by atoms with Gasteiger partial charge in [0.25, 0.3) is 0 Å². The zero-order valence-corrected chi connectivity index (χ0v) is 23.4. The molecule has 0 spiro atoms. The molecule has 4 nitrogen and oxygen atoms in total. The topological polar surface area (TPSA) is 55.7 Å². The lowest BCUT2D eigenvalue weighted by molar-refractivity contribution is -0.132. The zero-order valence-electron chi connectivity index (χ0n) is 23.4. The highest BCUT2D eigenvalue weighted by molar-refractivity contribution is 6.37. The largest absolute Gasteiger partial charge is 0.465 e. The third kappa shape index (κ3) is 7.09. The number of esters is 1. The first-order chi connectivity index (χ1) is 19.6. The van der Waals surface area contributed by atoms with E-state index in [1.54, 1.807) is 54.6 Å². The molecule has 0 unspecified atom stereocenters. The van der Waals surface area contributed by atoms with Gasteiger partial charge in [-0.15, -0.1) is 0 Å². The Morgan fingerprint density at radius 2 is 1.46 bits per heavy atom. The number of hydrogen-bond donors (Lipinski definition) is 0. The second-order valence-electron chi connectivity index (χ2n) is 10.5. The number of halogens is 2. The number of hydrogen-bond acceptors (Lipinski definition) is 4. The number of rotatable bonds is 8. The molecule has 41 heavy (non-hydrogen) atoms. The van der Waals surface area contributed by atoms with E-state index in [-0.39, 0.29) is 28.9 Å². The van der Waals surface area contributed by atoms with Crippen LogP contribution in [0.3, 0.4) is 0 Å². The summed E-state index contributed by atoms with van der Waals surface area (Å²) in [6.07, 6.45) is 1.63. The highest BCUT2D eigenvalue weighted by atomic mass is 19.1. The maximum absolute atomic E-state index is 15.0. The summed E-state index contributed by atoms with van der Waals surface area (Å²) in [5.74, 6) is -2.35. The minimum Gasteiger partial charge on any atom is -0.465 e. The molecule has 0 saturated carbocycles. The van der Waals surface area contributed by atoms with Gasteiger partial charge in [-0.2, -0.15) is 0 Å². The van der Waals surface area contributed by atoms with Gasteiger partial charge in [0.2, 0.25) is 0 Å². The Morgan fingerprint density at radius 1 is 0.805 bits per heavy atom. The Kier molecular flexibility index (Phi) is 9.03. The number of carbonyl (C=O) groups excluding carboxylic acids is 2. The van der Waals surface area contributed by atoms with E-state index in [2.05, 4.69) is 25.8 Å². The van der Waals surface area contributed by atoms with Gasteiger partial charge in [-0.1, -0.05) is 93.6 Å². The number of para-hydroxylation sites is 1. The minimum absolute atomic E-state index is 0.0205. The summed E-state index contributed by atoms with van der Waals surface area (Å²) in [4.78, 5) is 30.6. The summed E-state index contributed by atoms with van der Waals surface area (Å²) in [7, 11) is 1.24. The molecular weight excluding hydrogens is 520 g/mol. The minimum atomic E-state index is -0.730. The van der Waals surface area contributed by atoms with Gasteiger partial charge in [0.15, 0.2) is 5.78 Å². The Balaban J connectivity index is 1.79. The quantitative estimate of drug-likeness (QED) is 0.126. The highest BCUT2D eigenvalue weighted by Gasteiger charge is 2.19. The standard InChI is InChI=1S/C35H31F2NO3/c1-35(2,3)25-16-14-23(15-17-25)27(28-19-18-26(36)22-30(28)37)20-21-32(34(40)41-4)38-31-13-9-8-12-29(31)33(39)24-10-6-5-7-11-24/h5-20,22H,21H2,1-4H3. The van der Waals surface area contributed by atoms with Crippen LogP contribution in [-0.4, -0.2) is 24.6 Å². The van der Waals surface area contributed by atoms with Crippen LogP contribution in [0.1, 0.15) is 59.8 Å². The predicted octanol–water partition coefficient (Wildman–Crippen LogP) is 8.26. The highest BCUT2D eigenvalue weighted by Crippen LogP contribution is 2.30. The van der Waals surface area contributed by atoms with Crippen molar-refractivity contribution in [2.45, 2.75) is 32.6 Å². The van der Waals surface area contributed by atoms with Gasteiger partial charge in [-0.05, 0) is 46.4 Å². The summed E-state index contributed by atoms with van der Waals surface area (Å²) in [5, 5.41) is 0. The van der Waals surface area contributed by atoms with Crippen LogP contribution < -0.4 is 0 Å². The first kappa shape index (κ1) is 29.3. The first-order valence-corrected chi connectivity index (χ1v) is 13.2. The third-order valence-electron chi connectivity index (χ3n) is 6.64. The molecule has 0 aliphatic rings. The monoisotopic (exact) mass is 551 g/mol. The molecule has 0 radical (unpaired) electrons. The fraction of sp³-hybridized carbons (Fsp3) is 0.171. The van der Waals surface area contributed by atoms with E-state index in [0.717, 1.165) is 11.6 Å². The normalized spacial score (nSPS) is 12.2. The van der Waals surface area contributed by atoms with E-state index in [4.69, 9.17) is 4.74 Å². The van der Waals surface area contributed by atoms with E-state index in [0.29, 0.717) is 28.0 Å². The SMILES string of the molecule is COC(=O)C(CC=C(c1ccc(C(C)(C)C)cc1)c1ccc(F)cc1F)=Nc1ccccc1C(=O)c1ccccc1. The number of methoxy groups -OCH3 is 1. The van der Waals surface area contributed by atoms with Gasteiger partial charge < -0.3 is 4.74 Å². The van der Waals surface area contributed by atoms with Gasteiger partial charge in [0, 0.05) is 29.2 Å². The summed E-state index contributed by atoms with van der Waals surface area (Å²) in [6.45, 7) is 6.29. The van der Waals surface area contributed by atoms with Gasteiger partial charge in [0.05, 0.1) is 12.8 Å². The molecule has 0 aliphatic carbocycles. The van der Waals surface area contributed by atoms with Crippen LogP contribution in [0, 0.1) is 11.6 Å². The Morgan fingerprint density at radius 3 is 2.10 bits per heavy atom. The van der Waals surface area contributed by atoms with Crippen molar-refractivity contribution in [3.63, 3.8) is 0 Å². The van der Waals surface area contributed by atoms with Crippen LogP contribution >= 0.6 is 0 Å². The smallest absolute Gasteiger partial charge is 0.352 e. The fourth-order valence-electron chi connectivity index (χ4n) is 4.39. The van der Waals surface area contributed by atoms with E-state index in [1.807, 2.05) is 30.3 Å². The molecule has 0 bridgehead atoms. The first-order valence-electron chi connectivity index (χ1n) is 13.2. The van der Waals surface area contributed by atoms with Crippen LogP contribution in [0.25, 0.3) is 5.57 Å². The lowest BCUT2D eigenvalue weighted by atomic mass is 9.85. The van der Waals surface area contributed by atoms with E-state index in [9.17, 15) is 14.0 Å². The number of ketones is 1. The molecule has 0 aliphatic heterocycles. The maximum atomic E-state index is 15.0. The van der Waals surface area contributed by atoms with Crippen molar-refractivity contribution in [3.05, 3.63) is 143 Å². The van der Waals surface area contributed by atoms with Gasteiger partial charge >= 0.3 is 5.97 Å². The second kappa shape index (κ2) is 12.6. The summed E-state index contributed by atoms with van der Waals surface area (Å²) in [5.41, 5.74) is 3.48. The Bertz CT molecular complexity index is 1620.